The maximum absolute atomic E-state index is 13.3. The van der Waals surface area contributed by atoms with Crippen molar-refractivity contribution in [3.05, 3.63) is 78.9 Å². The number of halogens is 3. The normalized spacial score (nSPS) is 14.7. The third-order valence-corrected chi connectivity index (χ3v) is 8.17. The maximum atomic E-state index is 13.3. The Morgan fingerprint density at radius 2 is 1.78 bits per heavy atom. The zero-order valence-electron chi connectivity index (χ0n) is 22.9. The van der Waals surface area contributed by atoms with E-state index in [9.17, 15) is 9.59 Å². The highest BCUT2D eigenvalue weighted by Crippen LogP contribution is 2.34. The highest BCUT2D eigenvalue weighted by atomic mass is 35.5. The number of anilines is 1. The van der Waals surface area contributed by atoms with Gasteiger partial charge in [-0.05, 0) is 74.1 Å². The van der Waals surface area contributed by atoms with Crippen LogP contribution in [0.3, 0.4) is 0 Å². The average molecular weight is 617 g/mol. The molecule has 4 N–H and O–H groups in total. The Morgan fingerprint density at radius 3 is 2.39 bits per heavy atom. The number of amides is 1. The van der Waals surface area contributed by atoms with Crippen LogP contribution in [0.2, 0.25) is 15.1 Å². The van der Waals surface area contributed by atoms with Crippen LogP contribution in [0, 0.1) is 5.92 Å². The molecule has 0 unspecified atom stereocenters. The second kappa shape index (κ2) is 12.5. The summed E-state index contributed by atoms with van der Waals surface area (Å²) < 4.78 is 1.52. The van der Waals surface area contributed by atoms with Gasteiger partial charge in [0.1, 0.15) is 16.9 Å². The van der Waals surface area contributed by atoms with Crippen LogP contribution in [0.1, 0.15) is 49.7 Å². The third kappa shape index (κ3) is 6.60. The van der Waals surface area contributed by atoms with Crippen molar-refractivity contribution in [3.63, 3.8) is 0 Å². The molecule has 0 bridgehead atoms. The highest BCUT2D eigenvalue weighted by Gasteiger charge is 2.23. The number of fused-ring (bicyclic) bond motifs is 1. The van der Waals surface area contributed by atoms with Crippen LogP contribution in [-0.4, -0.2) is 56.7 Å². The fourth-order valence-electron chi connectivity index (χ4n) is 5.16. The van der Waals surface area contributed by atoms with E-state index in [-0.39, 0.29) is 17.4 Å². The summed E-state index contributed by atoms with van der Waals surface area (Å²) in [5.41, 5.74) is 8.44. The number of carbonyl (C=O) groups excluding carboxylic acids is 1. The minimum Gasteiger partial charge on any atom is -0.330 e. The fraction of sp³-hybridized carbons (Fsp3) is 0.379. The number of aromatic amines is 1. The number of piperidine rings is 1. The van der Waals surface area contributed by atoms with Crippen molar-refractivity contribution in [2.45, 2.75) is 39.0 Å². The number of likely N-dealkylation sites (tertiary alicyclic amines) is 1. The molecule has 1 saturated heterocycles. The van der Waals surface area contributed by atoms with E-state index in [1.165, 1.54) is 4.68 Å². The number of hydrogen-bond donors (Lipinski definition) is 3. The molecule has 4 aromatic rings. The monoisotopic (exact) mass is 615 g/mol. The summed E-state index contributed by atoms with van der Waals surface area (Å²) in [6.45, 7) is 6.74. The van der Waals surface area contributed by atoms with E-state index in [2.05, 4.69) is 20.3 Å². The molecule has 0 saturated carbocycles. The Bertz CT molecular complexity index is 1600. The minimum absolute atomic E-state index is 0.0436. The number of benzene rings is 2. The highest BCUT2D eigenvalue weighted by molar-refractivity contribution is 6.40. The van der Waals surface area contributed by atoms with E-state index in [1.807, 2.05) is 38.1 Å². The lowest BCUT2D eigenvalue weighted by atomic mass is 9.97. The number of aromatic nitrogens is 4. The molecule has 0 spiro atoms. The summed E-state index contributed by atoms with van der Waals surface area (Å²) in [5, 5.41) is 9.02. The summed E-state index contributed by atoms with van der Waals surface area (Å²) in [5.74, 6) is 0.919. The largest absolute Gasteiger partial charge is 0.330 e. The van der Waals surface area contributed by atoms with E-state index in [0.717, 1.165) is 31.5 Å². The van der Waals surface area contributed by atoms with Gasteiger partial charge in [-0.25, -0.2) is 9.67 Å². The van der Waals surface area contributed by atoms with Gasteiger partial charge >= 0.3 is 0 Å². The zero-order valence-corrected chi connectivity index (χ0v) is 25.2. The molecular weight excluding hydrogens is 585 g/mol. The maximum Gasteiger partial charge on any atom is 0.262 e. The molecule has 0 atom stereocenters. The van der Waals surface area contributed by atoms with Crippen LogP contribution in [0.15, 0.2) is 41.2 Å². The Kier molecular flexibility index (Phi) is 9.01. The first-order chi connectivity index (χ1) is 19.6. The second-order valence-electron chi connectivity index (χ2n) is 10.8. The zero-order chi connectivity index (χ0) is 29.3. The second-order valence-corrected chi connectivity index (χ2v) is 12.0. The van der Waals surface area contributed by atoms with Gasteiger partial charge < -0.3 is 16.0 Å². The van der Waals surface area contributed by atoms with Gasteiger partial charge in [-0.1, -0.05) is 60.8 Å². The molecule has 2 aromatic heterocycles. The van der Waals surface area contributed by atoms with E-state index < -0.39 is 0 Å². The SMILES string of the molecule is CC(C)c1nn(-c2c(Cl)cc(Cl)cc2Cl)c2nc(Cc3ccc(NC(=O)CN4CCC(CN)CC4)cc3)[nH]c(=O)c12. The lowest BCUT2D eigenvalue weighted by Gasteiger charge is -2.30. The predicted molar refractivity (Wildman–Crippen MR) is 165 cm³/mol. The molecule has 1 aliphatic rings. The molecule has 2 aromatic carbocycles. The molecular formula is C29H32Cl3N7O2. The number of rotatable bonds is 8. The van der Waals surface area contributed by atoms with E-state index >= 15 is 0 Å². The molecule has 0 aliphatic carbocycles. The Labute approximate surface area is 253 Å². The summed E-state index contributed by atoms with van der Waals surface area (Å²) in [6.07, 6.45) is 2.42. The number of H-pyrrole nitrogens is 1. The molecule has 1 amide bonds. The molecule has 0 radical (unpaired) electrons. The molecule has 1 fully saturated rings. The molecule has 1 aliphatic heterocycles. The van der Waals surface area contributed by atoms with Crippen LogP contribution < -0.4 is 16.6 Å². The number of nitrogens with one attached hydrogen (secondary N) is 2. The molecule has 5 rings (SSSR count). The topological polar surface area (TPSA) is 122 Å². The van der Waals surface area contributed by atoms with Crippen LogP contribution in [-0.2, 0) is 11.2 Å². The fourth-order valence-corrected chi connectivity index (χ4v) is 6.14. The Balaban J connectivity index is 1.36. The Hall–Kier alpha value is -2.95. The molecule has 41 heavy (non-hydrogen) atoms. The van der Waals surface area contributed by atoms with Crippen molar-refractivity contribution in [2.75, 3.05) is 31.5 Å². The standard InChI is InChI=1S/C29H32Cl3N7O2/c1-16(2)26-25-28(39(37-26)27-21(31)12-19(30)13-22(27)32)35-23(36-29(25)41)11-17-3-5-20(6-4-17)34-24(40)15-38-9-7-18(14-33)8-10-38/h3-6,12-13,16,18H,7-11,14-15,33H2,1-2H3,(H,34,40)(H,35,36,41). The quantitative estimate of drug-likeness (QED) is 0.244. The first-order valence-corrected chi connectivity index (χ1v) is 14.7. The molecule has 3 heterocycles. The van der Waals surface area contributed by atoms with Crippen LogP contribution in [0.5, 0.6) is 0 Å². The van der Waals surface area contributed by atoms with Gasteiger partial charge in [-0.15, -0.1) is 0 Å². The first-order valence-electron chi connectivity index (χ1n) is 13.6. The Morgan fingerprint density at radius 1 is 1.12 bits per heavy atom. The first kappa shape index (κ1) is 29.5. The van der Waals surface area contributed by atoms with E-state index in [4.69, 9.17) is 45.5 Å². The van der Waals surface area contributed by atoms with Crippen molar-refractivity contribution in [1.29, 1.82) is 0 Å². The summed E-state index contributed by atoms with van der Waals surface area (Å²) in [7, 11) is 0. The average Bonchev–Trinajstić information content (AvgIpc) is 3.30. The van der Waals surface area contributed by atoms with Crippen LogP contribution in [0.25, 0.3) is 16.7 Å². The van der Waals surface area contributed by atoms with Crippen LogP contribution >= 0.6 is 34.8 Å². The number of hydrogen-bond acceptors (Lipinski definition) is 6. The smallest absolute Gasteiger partial charge is 0.262 e. The minimum atomic E-state index is -0.291. The van der Waals surface area contributed by atoms with Gasteiger partial charge in [0.05, 0.1) is 22.3 Å². The van der Waals surface area contributed by atoms with Crippen LogP contribution in [0.4, 0.5) is 5.69 Å². The summed E-state index contributed by atoms with van der Waals surface area (Å²) in [6, 6.07) is 10.6. The lowest BCUT2D eigenvalue weighted by molar-refractivity contribution is -0.117. The van der Waals surface area contributed by atoms with Crippen molar-refractivity contribution < 1.29 is 4.79 Å². The van der Waals surface area contributed by atoms with Gasteiger partial charge in [0.2, 0.25) is 5.91 Å². The van der Waals surface area contributed by atoms with Gasteiger partial charge in [0, 0.05) is 17.1 Å². The van der Waals surface area contributed by atoms with Gasteiger partial charge in [-0.2, -0.15) is 5.10 Å². The predicted octanol–water partition coefficient (Wildman–Crippen LogP) is 5.39. The van der Waals surface area contributed by atoms with Crippen molar-refractivity contribution in [3.8, 4) is 5.69 Å². The number of nitrogens with two attached hydrogens (primary N) is 1. The summed E-state index contributed by atoms with van der Waals surface area (Å²) in [4.78, 5) is 35.7. The van der Waals surface area contributed by atoms with E-state index in [0.29, 0.717) is 74.4 Å². The third-order valence-electron chi connectivity index (χ3n) is 7.37. The van der Waals surface area contributed by atoms with Gasteiger partial charge in [0.25, 0.3) is 5.56 Å². The number of nitrogens with zero attached hydrogens (tertiary/aromatic N) is 4. The number of carbonyl (C=O) groups is 1. The van der Waals surface area contributed by atoms with Crippen molar-refractivity contribution >= 4 is 57.4 Å². The molecule has 9 nitrogen and oxygen atoms in total. The van der Waals surface area contributed by atoms with Gasteiger partial charge in [-0.3, -0.25) is 14.5 Å². The molecule has 216 valence electrons. The van der Waals surface area contributed by atoms with E-state index in [1.54, 1.807) is 12.1 Å². The lowest BCUT2D eigenvalue weighted by Crippen LogP contribution is -2.40. The van der Waals surface area contributed by atoms with Gasteiger partial charge in [0.15, 0.2) is 5.65 Å². The summed E-state index contributed by atoms with van der Waals surface area (Å²) >= 11 is 19.1. The van der Waals surface area contributed by atoms with Crippen molar-refractivity contribution in [1.82, 2.24) is 24.6 Å². The molecule has 12 heteroatoms. The van der Waals surface area contributed by atoms with Crippen molar-refractivity contribution in [2.24, 2.45) is 11.7 Å².